The Kier molecular flexibility index (Phi) is 4.84. The van der Waals surface area contributed by atoms with Crippen LogP contribution in [0.3, 0.4) is 0 Å². The summed E-state index contributed by atoms with van der Waals surface area (Å²) in [7, 11) is 1.97. The Morgan fingerprint density at radius 1 is 1.50 bits per heavy atom. The Hall–Kier alpha value is -0.800. The predicted octanol–water partition coefficient (Wildman–Crippen LogP) is 3.35. The van der Waals surface area contributed by atoms with Crippen molar-refractivity contribution in [3.05, 3.63) is 29.3 Å². The lowest BCUT2D eigenvalue weighted by molar-refractivity contribution is -0.117. The van der Waals surface area contributed by atoms with E-state index >= 15 is 0 Å². The van der Waals surface area contributed by atoms with Crippen LogP contribution in [0.4, 0.5) is 0 Å². The van der Waals surface area contributed by atoms with Gasteiger partial charge in [-0.05, 0) is 56.2 Å². The average molecular weight is 263 g/mol. The van der Waals surface area contributed by atoms with Gasteiger partial charge in [-0.15, -0.1) is 11.8 Å². The average Bonchev–Trinajstić information content (AvgIpc) is 2.39. The van der Waals surface area contributed by atoms with Gasteiger partial charge in [-0.25, -0.2) is 0 Å². The van der Waals surface area contributed by atoms with E-state index in [1.54, 1.807) is 6.92 Å². The van der Waals surface area contributed by atoms with E-state index in [2.05, 4.69) is 23.5 Å². The number of hydrogen-bond donors (Lipinski definition) is 1. The summed E-state index contributed by atoms with van der Waals surface area (Å²) in [5.41, 5.74) is 2.80. The van der Waals surface area contributed by atoms with E-state index in [4.69, 9.17) is 0 Å². The fourth-order valence-corrected chi connectivity index (χ4v) is 3.44. The standard InChI is InChI=1S/C15H21NOS/c1-11(17)5-7-14(16-2)12-6-8-15-13(10-12)4-3-9-18-15/h6,8,10,14,16H,3-5,7,9H2,1-2H3. The van der Waals surface area contributed by atoms with Crippen LogP contribution in [-0.2, 0) is 11.2 Å². The number of carbonyl (C=O) groups excluding carboxylic acids is 1. The van der Waals surface area contributed by atoms with Crippen LogP contribution in [0.2, 0.25) is 0 Å². The van der Waals surface area contributed by atoms with Crippen molar-refractivity contribution in [2.45, 2.75) is 43.5 Å². The molecule has 2 nitrogen and oxygen atoms in total. The number of ketones is 1. The molecular weight excluding hydrogens is 242 g/mol. The number of carbonyl (C=O) groups is 1. The van der Waals surface area contributed by atoms with Gasteiger partial charge >= 0.3 is 0 Å². The number of benzene rings is 1. The van der Waals surface area contributed by atoms with Crippen molar-refractivity contribution in [1.82, 2.24) is 5.32 Å². The summed E-state index contributed by atoms with van der Waals surface area (Å²) in [6.07, 6.45) is 4.01. The Bertz CT molecular complexity index is 431. The second kappa shape index (κ2) is 6.39. The first-order chi connectivity index (χ1) is 8.70. The minimum atomic E-state index is 0.267. The summed E-state index contributed by atoms with van der Waals surface area (Å²) in [6.45, 7) is 1.66. The number of aryl methyl sites for hydroxylation is 1. The quantitative estimate of drug-likeness (QED) is 0.883. The highest BCUT2D eigenvalue weighted by Crippen LogP contribution is 2.32. The van der Waals surface area contributed by atoms with E-state index in [0.29, 0.717) is 12.5 Å². The normalized spacial score (nSPS) is 16.1. The third-order valence-electron chi connectivity index (χ3n) is 3.47. The number of fused-ring (bicyclic) bond motifs is 1. The summed E-state index contributed by atoms with van der Waals surface area (Å²) in [4.78, 5) is 12.5. The molecule has 0 aromatic heterocycles. The van der Waals surface area contributed by atoms with Gasteiger partial charge in [0.2, 0.25) is 0 Å². The summed E-state index contributed by atoms with van der Waals surface area (Å²) in [5, 5.41) is 3.32. The molecule has 1 aromatic carbocycles. The summed E-state index contributed by atoms with van der Waals surface area (Å²) in [6, 6.07) is 7.07. The Balaban J connectivity index is 2.12. The largest absolute Gasteiger partial charge is 0.313 e. The van der Waals surface area contributed by atoms with Gasteiger partial charge in [-0.2, -0.15) is 0 Å². The van der Waals surface area contributed by atoms with Crippen LogP contribution >= 0.6 is 11.8 Å². The molecule has 0 saturated heterocycles. The zero-order chi connectivity index (χ0) is 13.0. The van der Waals surface area contributed by atoms with Gasteiger partial charge in [0.15, 0.2) is 0 Å². The van der Waals surface area contributed by atoms with Crippen LogP contribution in [-0.4, -0.2) is 18.6 Å². The number of nitrogens with one attached hydrogen (secondary N) is 1. The van der Waals surface area contributed by atoms with Crippen molar-refractivity contribution in [3.8, 4) is 0 Å². The predicted molar refractivity (Wildman–Crippen MR) is 77.2 cm³/mol. The molecule has 1 N–H and O–H groups in total. The molecule has 2 rings (SSSR count). The van der Waals surface area contributed by atoms with Gasteiger partial charge in [0.1, 0.15) is 5.78 Å². The van der Waals surface area contributed by atoms with Crippen LogP contribution in [0, 0.1) is 0 Å². The molecule has 1 aromatic rings. The maximum absolute atomic E-state index is 11.1. The van der Waals surface area contributed by atoms with Crippen LogP contribution in [0.25, 0.3) is 0 Å². The van der Waals surface area contributed by atoms with Gasteiger partial charge < -0.3 is 10.1 Å². The molecule has 98 valence electrons. The molecule has 0 bridgehead atoms. The summed E-state index contributed by atoms with van der Waals surface area (Å²) < 4.78 is 0. The Morgan fingerprint density at radius 2 is 2.33 bits per heavy atom. The molecule has 1 heterocycles. The lowest BCUT2D eigenvalue weighted by Gasteiger charge is -2.20. The highest BCUT2D eigenvalue weighted by Gasteiger charge is 2.14. The van der Waals surface area contributed by atoms with Crippen molar-refractivity contribution in [1.29, 1.82) is 0 Å². The monoisotopic (exact) mass is 263 g/mol. The molecule has 3 heteroatoms. The molecule has 1 aliphatic rings. The third kappa shape index (κ3) is 3.36. The van der Waals surface area contributed by atoms with Gasteiger partial charge in [-0.1, -0.05) is 12.1 Å². The Labute approximate surface area is 114 Å². The molecule has 1 atom stereocenters. The first-order valence-electron chi connectivity index (χ1n) is 6.63. The molecule has 0 amide bonds. The highest BCUT2D eigenvalue weighted by molar-refractivity contribution is 7.99. The van der Waals surface area contributed by atoms with Crippen molar-refractivity contribution >= 4 is 17.5 Å². The number of thioether (sulfide) groups is 1. The van der Waals surface area contributed by atoms with E-state index in [-0.39, 0.29) is 5.78 Å². The minimum Gasteiger partial charge on any atom is -0.313 e. The lowest BCUT2D eigenvalue weighted by atomic mass is 9.97. The maximum Gasteiger partial charge on any atom is 0.129 e. The van der Waals surface area contributed by atoms with Crippen molar-refractivity contribution in [3.63, 3.8) is 0 Å². The number of rotatable bonds is 5. The van der Waals surface area contributed by atoms with Gasteiger partial charge in [0, 0.05) is 17.4 Å². The molecule has 0 spiro atoms. The fraction of sp³-hybridized carbons (Fsp3) is 0.533. The molecule has 0 aliphatic carbocycles. The highest BCUT2D eigenvalue weighted by atomic mass is 32.2. The summed E-state index contributed by atoms with van der Waals surface area (Å²) in [5.74, 6) is 1.51. The van der Waals surface area contributed by atoms with E-state index in [9.17, 15) is 4.79 Å². The lowest BCUT2D eigenvalue weighted by Crippen LogP contribution is -2.17. The van der Waals surface area contributed by atoms with E-state index in [0.717, 1.165) is 6.42 Å². The van der Waals surface area contributed by atoms with Crippen molar-refractivity contribution < 1.29 is 4.79 Å². The van der Waals surface area contributed by atoms with E-state index < -0.39 is 0 Å². The first-order valence-corrected chi connectivity index (χ1v) is 7.61. The topological polar surface area (TPSA) is 29.1 Å². The summed E-state index contributed by atoms with van der Waals surface area (Å²) >= 11 is 1.96. The SMILES string of the molecule is CNC(CCC(C)=O)c1ccc2c(c1)CCCS2. The molecule has 0 saturated carbocycles. The van der Waals surface area contributed by atoms with E-state index in [1.807, 2.05) is 18.8 Å². The molecule has 1 unspecified atom stereocenters. The third-order valence-corrected chi connectivity index (χ3v) is 4.67. The smallest absolute Gasteiger partial charge is 0.129 e. The van der Waals surface area contributed by atoms with Gasteiger partial charge in [0.25, 0.3) is 0 Å². The van der Waals surface area contributed by atoms with Crippen molar-refractivity contribution in [2.24, 2.45) is 0 Å². The fourth-order valence-electron chi connectivity index (χ4n) is 2.42. The maximum atomic E-state index is 11.1. The molecule has 18 heavy (non-hydrogen) atoms. The molecule has 0 radical (unpaired) electrons. The van der Waals surface area contributed by atoms with Crippen LogP contribution < -0.4 is 5.32 Å². The first kappa shape index (κ1) is 13.6. The molecule has 0 fully saturated rings. The number of Topliss-reactive ketones (excluding diaryl/α,β-unsaturated/α-hetero) is 1. The second-order valence-corrected chi connectivity index (χ2v) is 6.04. The van der Waals surface area contributed by atoms with E-state index in [1.165, 1.54) is 34.6 Å². The van der Waals surface area contributed by atoms with Gasteiger partial charge in [-0.3, -0.25) is 0 Å². The van der Waals surface area contributed by atoms with Crippen LogP contribution in [0.1, 0.15) is 43.4 Å². The molecule has 1 aliphatic heterocycles. The van der Waals surface area contributed by atoms with Crippen LogP contribution in [0.15, 0.2) is 23.1 Å². The van der Waals surface area contributed by atoms with Crippen molar-refractivity contribution in [2.75, 3.05) is 12.8 Å². The Morgan fingerprint density at radius 3 is 3.06 bits per heavy atom. The zero-order valence-corrected chi connectivity index (χ0v) is 12.0. The molecular formula is C15H21NOS. The minimum absolute atomic E-state index is 0.267. The number of hydrogen-bond acceptors (Lipinski definition) is 3. The van der Waals surface area contributed by atoms with Crippen LogP contribution in [0.5, 0.6) is 0 Å². The van der Waals surface area contributed by atoms with Gasteiger partial charge in [0.05, 0.1) is 0 Å². The zero-order valence-electron chi connectivity index (χ0n) is 11.2. The second-order valence-electron chi connectivity index (χ2n) is 4.90.